The lowest BCUT2D eigenvalue weighted by Crippen LogP contribution is -2.44. The molecule has 2 aliphatic heterocycles. The van der Waals surface area contributed by atoms with Gasteiger partial charge in [0.2, 0.25) is 0 Å². The van der Waals surface area contributed by atoms with Crippen LogP contribution in [0.3, 0.4) is 0 Å². The van der Waals surface area contributed by atoms with Gasteiger partial charge in [-0.1, -0.05) is 65.7 Å². The number of nitro benzene ring substituents is 1. The molecule has 1 fully saturated rings. The molecule has 5 rings (SSSR count). The molecule has 0 aliphatic carbocycles. The Morgan fingerprint density at radius 1 is 1.08 bits per heavy atom. The van der Waals surface area contributed by atoms with E-state index in [1.165, 1.54) is 18.2 Å². The predicted molar refractivity (Wildman–Crippen MR) is 136 cm³/mol. The highest BCUT2D eigenvalue weighted by Gasteiger charge is 2.63. The number of hydrogen-bond donors (Lipinski definition) is 0. The summed E-state index contributed by atoms with van der Waals surface area (Å²) in [5, 5.41) is 33.0. The lowest BCUT2D eigenvalue weighted by atomic mass is 9.69. The topological polar surface area (TPSA) is 111 Å². The van der Waals surface area contributed by atoms with Gasteiger partial charge in [0.05, 0.1) is 23.1 Å². The largest absolute Gasteiger partial charge is 0.351 e. The van der Waals surface area contributed by atoms with Gasteiger partial charge in [-0.15, -0.1) is 0 Å². The fourth-order valence-electron chi connectivity index (χ4n) is 5.36. The summed E-state index contributed by atoms with van der Waals surface area (Å²) in [6, 6.07) is 20.9. The third-order valence-corrected chi connectivity index (χ3v) is 7.25. The summed E-state index contributed by atoms with van der Waals surface area (Å²) in [6.07, 6.45) is 3.55. The fourth-order valence-corrected chi connectivity index (χ4v) is 5.54. The van der Waals surface area contributed by atoms with Crippen LogP contribution in [0.4, 0.5) is 11.4 Å². The molecule has 0 aromatic heterocycles. The molecule has 2 aliphatic rings. The van der Waals surface area contributed by atoms with Crippen LogP contribution in [0, 0.1) is 45.1 Å². The molecule has 3 aromatic rings. The van der Waals surface area contributed by atoms with Crippen LogP contribution < -0.4 is 4.90 Å². The Morgan fingerprint density at radius 3 is 2.47 bits per heavy atom. The minimum Gasteiger partial charge on any atom is -0.351 e. The lowest BCUT2D eigenvalue weighted by molar-refractivity contribution is -0.384. The first-order valence-electron chi connectivity index (χ1n) is 11.2. The summed E-state index contributed by atoms with van der Waals surface area (Å²) < 4.78 is 0. The summed E-state index contributed by atoms with van der Waals surface area (Å²) in [4.78, 5) is 27.0. The van der Waals surface area contributed by atoms with Gasteiger partial charge in [0.15, 0.2) is 11.2 Å². The number of nitrogens with zero attached hydrogens (tertiary/aromatic N) is 4. The molecule has 8 heteroatoms. The van der Waals surface area contributed by atoms with E-state index >= 15 is 0 Å². The Morgan fingerprint density at radius 2 is 1.81 bits per heavy atom. The van der Waals surface area contributed by atoms with Gasteiger partial charge in [-0.3, -0.25) is 14.9 Å². The number of hydrogen-bond acceptors (Lipinski definition) is 6. The third kappa shape index (κ3) is 3.45. The zero-order valence-electron chi connectivity index (χ0n) is 19.1. The molecular weight excluding hydrogens is 476 g/mol. The molecule has 176 valence electrons. The van der Waals surface area contributed by atoms with Crippen molar-refractivity contribution >= 4 is 34.8 Å². The second-order valence-corrected chi connectivity index (χ2v) is 9.45. The lowest BCUT2D eigenvalue weighted by Gasteiger charge is -2.35. The van der Waals surface area contributed by atoms with Gasteiger partial charge < -0.3 is 4.90 Å². The maximum atomic E-state index is 14.2. The zero-order chi connectivity index (χ0) is 25.6. The first-order chi connectivity index (χ1) is 17.3. The SMILES string of the molecule is Cc1ccc(C(=O)[C@@H]2[C@H](c3cccc([N+](=O)[O-])c3)C(C#N)(C#N)[C@@H]3C=Cc4cc(Cl)ccc4N23)cc1. The molecule has 0 saturated carbocycles. The number of benzene rings is 3. The van der Waals surface area contributed by atoms with E-state index in [1.807, 2.05) is 24.0 Å². The van der Waals surface area contributed by atoms with Crippen LogP contribution in [-0.2, 0) is 0 Å². The molecule has 1 saturated heterocycles. The molecule has 0 amide bonds. The minimum atomic E-state index is -1.69. The first kappa shape index (κ1) is 23.3. The van der Waals surface area contributed by atoms with Gasteiger partial charge in [-0.05, 0) is 36.2 Å². The van der Waals surface area contributed by atoms with Gasteiger partial charge >= 0.3 is 0 Å². The standard InChI is InChI=1S/C28H19ClN4O3/c1-17-5-7-18(8-6-17)27(34)26-25(20-3-2-4-22(14-20)33(35)36)28(15-30,16-31)24-12-9-19-13-21(29)10-11-23(19)32(24)26/h2-14,24-26H,1H3/t24-,25-,26-/m0/s1. The van der Waals surface area contributed by atoms with Crippen molar-refractivity contribution < 1.29 is 9.72 Å². The van der Waals surface area contributed by atoms with Crippen molar-refractivity contribution in [1.82, 2.24) is 0 Å². The van der Waals surface area contributed by atoms with Crippen molar-refractivity contribution in [2.45, 2.75) is 24.9 Å². The number of Topliss-reactive ketones (excluding diaryl/α,β-unsaturated/α-hetero) is 1. The average Bonchev–Trinajstić information content (AvgIpc) is 3.19. The summed E-state index contributed by atoms with van der Waals surface area (Å²) in [5.74, 6) is -1.24. The molecule has 0 N–H and O–H groups in total. The highest BCUT2D eigenvalue weighted by molar-refractivity contribution is 6.30. The molecule has 2 heterocycles. The second-order valence-electron chi connectivity index (χ2n) is 9.01. The van der Waals surface area contributed by atoms with Crippen molar-refractivity contribution in [3.05, 3.63) is 110 Å². The Labute approximate surface area is 212 Å². The summed E-state index contributed by atoms with van der Waals surface area (Å²) in [6.45, 7) is 1.91. The van der Waals surface area contributed by atoms with Gasteiger partial charge in [-0.2, -0.15) is 10.5 Å². The smallest absolute Gasteiger partial charge is 0.269 e. The van der Waals surface area contributed by atoms with Gasteiger partial charge in [0.25, 0.3) is 5.69 Å². The van der Waals surface area contributed by atoms with Crippen molar-refractivity contribution in [2.24, 2.45) is 5.41 Å². The predicted octanol–water partition coefficient (Wildman–Crippen LogP) is 5.84. The van der Waals surface area contributed by atoms with Crippen molar-refractivity contribution in [3.63, 3.8) is 0 Å². The number of carbonyl (C=O) groups is 1. The number of halogens is 1. The maximum absolute atomic E-state index is 14.2. The van der Waals surface area contributed by atoms with Gasteiger partial charge in [0.1, 0.15) is 6.04 Å². The van der Waals surface area contributed by atoms with E-state index in [4.69, 9.17) is 11.6 Å². The number of fused-ring (bicyclic) bond motifs is 3. The van der Waals surface area contributed by atoms with E-state index < -0.39 is 28.3 Å². The van der Waals surface area contributed by atoms with E-state index in [-0.39, 0.29) is 11.5 Å². The monoisotopic (exact) mass is 494 g/mol. The van der Waals surface area contributed by atoms with E-state index in [9.17, 15) is 25.4 Å². The molecule has 3 aromatic carbocycles. The molecule has 0 radical (unpaired) electrons. The van der Waals surface area contributed by atoms with Crippen LogP contribution >= 0.6 is 11.6 Å². The molecule has 7 nitrogen and oxygen atoms in total. The minimum absolute atomic E-state index is 0.175. The number of carbonyl (C=O) groups excluding carboxylic acids is 1. The van der Waals surface area contributed by atoms with Crippen molar-refractivity contribution in [3.8, 4) is 12.1 Å². The van der Waals surface area contributed by atoms with Crippen LogP contribution in [0.25, 0.3) is 6.08 Å². The van der Waals surface area contributed by atoms with Crippen LogP contribution in [-0.4, -0.2) is 22.8 Å². The normalized spacial score (nSPS) is 21.1. The van der Waals surface area contributed by atoms with Crippen LogP contribution in [0.1, 0.15) is 33.0 Å². The molecular formula is C28H19ClN4O3. The number of non-ortho nitro benzene ring substituents is 1. The highest BCUT2D eigenvalue weighted by Crippen LogP contribution is 2.56. The Bertz CT molecular complexity index is 1500. The van der Waals surface area contributed by atoms with Gasteiger partial charge in [0, 0.05) is 34.3 Å². The number of rotatable bonds is 4. The quantitative estimate of drug-likeness (QED) is 0.256. The maximum Gasteiger partial charge on any atom is 0.269 e. The number of anilines is 1. The average molecular weight is 495 g/mol. The van der Waals surface area contributed by atoms with Crippen LogP contribution in [0.5, 0.6) is 0 Å². The van der Waals surface area contributed by atoms with Crippen LogP contribution in [0.15, 0.2) is 72.8 Å². The molecule has 0 unspecified atom stereocenters. The number of aryl methyl sites for hydroxylation is 1. The molecule has 0 spiro atoms. The molecule has 0 bridgehead atoms. The fraction of sp³-hybridized carbons (Fsp3) is 0.179. The first-order valence-corrected chi connectivity index (χ1v) is 11.6. The number of nitriles is 2. The molecule has 3 atom stereocenters. The van der Waals surface area contributed by atoms with E-state index in [2.05, 4.69) is 12.1 Å². The summed E-state index contributed by atoms with van der Waals surface area (Å²) >= 11 is 6.22. The second kappa shape index (κ2) is 8.64. The van der Waals surface area contributed by atoms with Crippen molar-refractivity contribution in [1.29, 1.82) is 10.5 Å². The Kier molecular flexibility index (Phi) is 5.59. The van der Waals surface area contributed by atoms with Gasteiger partial charge in [-0.25, -0.2) is 0 Å². The van der Waals surface area contributed by atoms with Crippen LogP contribution in [0.2, 0.25) is 5.02 Å². The zero-order valence-corrected chi connectivity index (χ0v) is 19.9. The number of ketones is 1. The highest BCUT2D eigenvalue weighted by atomic mass is 35.5. The van der Waals surface area contributed by atoms with Crippen molar-refractivity contribution in [2.75, 3.05) is 4.90 Å². The number of nitro groups is 1. The summed E-state index contributed by atoms with van der Waals surface area (Å²) in [5.41, 5.74) is 1.35. The Balaban J connectivity index is 1.79. The van der Waals surface area contributed by atoms with E-state index in [0.717, 1.165) is 11.1 Å². The molecule has 36 heavy (non-hydrogen) atoms. The summed E-state index contributed by atoms with van der Waals surface area (Å²) in [7, 11) is 0. The van der Waals surface area contributed by atoms with E-state index in [1.54, 1.807) is 48.6 Å². The van der Waals surface area contributed by atoms with E-state index in [0.29, 0.717) is 21.8 Å². The Hall–Kier alpha value is -4.46. The third-order valence-electron chi connectivity index (χ3n) is 7.01.